The highest BCUT2D eigenvalue weighted by molar-refractivity contribution is 7.07. The summed E-state index contributed by atoms with van der Waals surface area (Å²) in [5, 5.41) is 16.0. The Labute approximate surface area is 107 Å². The number of amides is 1. The van der Waals surface area contributed by atoms with E-state index in [1.165, 1.54) is 29.5 Å². The summed E-state index contributed by atoms with van der Waals surface area (Å²) in [6.07, 6.45) is -0.740. The zero-order valence-electron chi connectivity index (χ0n) is 9.42. The second-order valence-electron chi connectivity index (χ2n) is 3.71. The monoisotopic (exact) mass is 264 g/mol. The molecule has 2 aromatic rings. The van der Waals surface area contributed by atoms with Crippen LogP contribution in [0.3, 0.4) is 0 Å². The van der Waals surface area contributed by atoms with Crippen LogP contribution in [0.4, 0.5) is 0 Å². The number of hydrogen-bond donors (Lipinski definition) is 3. The van der Waals surface area contributed by atoms with Crippen LogP contribution in [0, 0.1) is 0 Å². The summed E-state index contributed by atoms with van der Waals surface area (Å²) in [4.78, 5) is 25.1. The lowest BCUT2D eigenvalue weighted by molar-refractivity contribution is 0.0911. The SMILES string of the molecule is O=C(NCC(O)c1ccsc1)c1cccc(=O)[nH]1. The number of rotatable bonds is 4. The molecule has 5 nitrogen and oxygen atoms in total. The number of thiophene rings is 1. The first-order valence-corrected chi connectivity index (χ1v) is 6.29. The molecule has 0 aliphatic rings. The van der Waals surface area contributed by atoms with Crippen LogP contribution in [-0.2, 0) is 0 Å². The van der Waals surface area contributed by atoms with E-state index >= 15 is 0 Å². The number of aromatic nitrogens is 1. The van der Waals surface area contributed by atoms with E-state index in [9.17, 15) is 14.7 Å². The predicted molar refractivity (Wildman–Crippen MR) is 68.7 cm³/mol. The Bertz CT molecular complexity index is 577. The van der Waals surface area contributed by atoms with Gasteiger partial charge in [-0.05, 0) is 28.5 Å². The van der Waals surface area contributed by atoms with E-state index < -0.39 is 12.0 Å². The maximum absolute atomic E-state index is 11.7. The van der Waals surface area contributed by atoms with Crippen molar-refractivity contribution in [1.29, 1.82) is 0 Å². The van der Waals surface area contributed by atoms with Crippen molar-refractivity contribution in [2.45, 2.75) is 6.10 Å². The van der Waals surface area contributed by atoms with Gasteiger partial charge in [0.1, 0.15) is 5.69 Å². The van der Waals surface area contributed by atoms with Gasteiger partial charge in [-0.25, -0.2) is 0 Å². The van der Waals surface area contributed by atoms with Gasteiger partial charge in [0.05, 0.1) is 6.10 Å². The van der Waals surface area contributed by atoms with Gasteiger partial charge in [0, 0.05) is 12.6 Å². The average molecular weight is 264 g/mol. The molecule has 18 heavy (non-hydrogen) atoms. The van der Waals surface area contributed by atoms with Crippen LogP contribution in [0.15, 0.2) is 39.8 Å². The first-order chi connectivity index (χ1) is 8.66. The summed E-state index contributed by atoms with van der Waals surface area (Å²) >= 11 is 1.48. The molecule has 94 valence electrons. The Morgan fingerprint density at radius 1 is 1.44 bits per heavy atom. The molecule has 0 fully saturated rings. The number of aliphatic hydroxyl groups excluding tert-OH is 1. The van der Waals surface area contributed by atoms with Gasteiger partial charge in [0.2, 0.25) is 5.56 Å². The van der Waals surface area contributed by atoms with Crippen LogP contribution in [0.25, 0.3) is 0 Å². The van der Waals surface area contributed by atoms with E-state index in [0.29, 0.717) is 0 Å². The normalized spacial score (nSPS) is 12.1. The molecule has 2 rings (SSSR count). The van der Waals surface area contributed by atoms with Crippen LogP contribution >= 0.6 is 11.3 Å². The minimum atomic E-state index is -0.740. The summed E-state index contributed by atoms with van der Waals surface area (Å²) in [5.74, 6) is -0.415. The fourth-order valence-corrected chi connectivity index (χ4v) is 2.15. The standard InChI is InChI=1S/C12H12N2O3S/c15-10(8-4-5-18-7-8)6-13-12(17)9-2-1-3-11(16)14-9/h1-5,7,10,15H,6H2,(H,13,17)(H,14,16). The predicted octanol–water partition coefficient (Wildman–Crippen LogP) is 0.900. The van der Waals surface area contributed by atoms with Crippen molar-refractivity contribution in [3.05, 3.63) is 56.6 Å². The van der Waals surface area contributed by atoms with Crippen molar-refractivity contribution in [1.82, 2.24) is 10.3 Å². The number of H-pyrrole nitrogens is 1. The Kier molecular flexibility index (Phi) is 3.91. The van der Waals surface area contributed by atoms with Crippen LogP contribution in [0.1, 0.15) is 22.2 Å². The number of nitrogens with one attached hydrogen (secondary N) is 2. The van der Waals surface area contributed by atoms with Gasteiger partial charge >= 0.3 is 0 Å². The van der Waals surface area contributed by atoms with E-state index in [1.807, 2.05) is 10.8 Å². The Hall–Kier alpha value is -1.92. The number of aliphatic hydroxyl groups is 1. The molecule has 0 spiro atoms. The van der Waals surface area contributed by atoms with E-state index in [0.717, 1.165) is 5.56 Å². The maximum atomic E-state index is 11.7. The maximum Gasteiger partial charge on any atom is 0.267 e. The first kappa shape index (κ1) is 12.5. The highest BCUT2D eigenvalue weighted by Crippen LogP contribution is 2.15. The van der Waals surface area contributed by atoms with E-state index in [4.69, 9.17) is 0 Å². The Balaban J connectivity index is 1.95. The Morgan fingerprint density at radius 3 is 2.94 bits per heavy atom. The third-order valence-corrected chi connectivity index (χ3v) is 3.10. The molecule has 0 bridgehead atoms. The van der Waals surface area contributed by atoms with Crippen molar-refractivity contribution >= 4 is 17.2 Å². The quantitative estimate of drug-likeness (QED) is 0.767. The molecule has 1 atom stereocenters. The zero-order valence-corrected chi connectivity index (χ0v) is 10.2. The minimum absolute atomic E-state index is 0.104. The molecule has 0 saturated carbocycles. The molecule has 3 N–H and O–H groups in total. The fourth-order valence-electron chi connectivity index (χ4n) is 1.45. The number of carbonyl (C=O) groups excluding carboxylic acids is 1. The molecule has 0 saturated heterocycles. The lowest BCUT2D eigenvalue weighted by atomic mass is 10.2. The lowest BCUT2D eigenvalue weighted by Gasteiger charge is -2.10. The number of pyridine rings is 1. The Morgan fingerprint density at radius 2 is 2.28 bits per heavy atom. The van der Waals surface area contributed by atoms with E-state index in [2.05, 4.69) is 10.3 Å². The molecule has 2 aromatic heterocycles. The van der Waals surface area contributed by atoms with Crippen LogP contribution in [0.5, 0.6) is 0 Å². The molecule has 1 amide bonds. The third kappa shape index (κ3) is 3.06. The molecular weight excluding hydrogens is 252 g/mol. The molecule has 1 unspecified atom stereocenters. The molecular formula is C12H12N2O3S. The van der Waals surface area contributed by atoms with Gasteiger partial charge in [-0.15, -0.1) is 0 Å². The molecule has 0 aliphatic carbocycles. The largest absolute Gasteiger partial charge is 0.387 e. The van der Waals surface area contributed by atoms with Gasteiger partial charge in [-0.3, -0.25) is 9.59 Å². The summed E-state index contributed by atoms with van der Waals surface area (Å²) < 4.78 is 0. The van der Waals surface area contributed by atoms with Gasteiger partial charge in [0.25, 0.3) is 5.91 Å². The van der Waals surface area contributed by atoms with Crippen molar-refractivity contribution in [2.75, 3.05) is 6.54 Å². The van der Waals surface area contributed by atoms with Crippen molar-refractivity contribution in [3.63, 3.8) is 0 Å². The number of hydrogen-bond acceptors (Lipinski definition) is 4. The zero-order chi connectivity index (χ0) is 13.0. The second kappa shape index (κ2) is 5.61. The van der Waals surface area contributed by atoms with Crippen molar-refractivity contribution in [2.24, 2.45) is 0 Å². The number of aromatic amines is 1. The highest BCUT2D eigenvalue weighted by Gasteiger charge is 2.11. The van der Waals surface area contributed by atoms with E-state index in [-0.39, 0.29) is 17.8 Å². The first-order valence-electron chi connectivity index (χ1n) is 5.34. The van der Waals surface area contributed by atoms with Crippen LogP contribution in [-0.4, -0.2) is 22.5 Å². The topological polar surface area (TPSA) is 82.2 Å². The summed E-state index contributed by atoms with van der Waals surface area (Å²) in [6, 6.07) is 6.14. The smallest absolute Gasteiger partial charge is 0.267 e. The van der Waals surface area contributed by atoms with Gasteiger partial charge in [-0.1, -0.05) is 6.07 Å². The van der Waals surface area contributed by atoms with Gasteiger partial charge in [-0.2, -0.15) is 11.3 Å². The van der Waals surface area contributed by atoms with Crippen molar-refractivity contribution < 1.29 is 9.90 Å². The van der Waals surface area contributed by atoms with Crippen molar-refractivity contribution in [3.8, 4) is 0 Å². The minimum Gasteiger partial charge on any atom is -0.387 e. The molecule has 0 aromatic carbocycles. The van der Waals surface area contributed by atoms with Crippen LogP contribution < -0.4 is 10.9 Å². The summed E-state index contributed by atoms with van der Waals surface area (Å²) in [6.45, 7) is 0.104. The van der Waals surface area contributed by atoms with E-state index in [1.54, 1.807) is 6.07 Å². The highest BCUT2D eigenvalue weighted by atomic mass is 32.1. The second-order valence-corrected chi connectivity index (χ2v) is 4.49. The summed E-state index contributed by atoms with van der Waals surface area (Å²) in [5.41, 5.74) is 0.614. The number of carbonyl (C=O) groups is 1. The van der Waals surface area contributed by atoms with Gasteiger partial charge < -0.3 is 15.4 Å². The average Bonchev–Trinajstić information content (AvgIpc) is 2.89. The molecule has 0 radical (unpaired) electrons. The molecule has 2 heterocycles. The fraction of sp³-hybridized carbons (Fsp3) is 0.167. The van der Waals surface area contributed by atoms with Gasteiger partial charge in [0.15, 0.2) is 0 Å². The molecule has 6 heteroatoms. The van der Waals surface area contributed by atoms with Crippen LogP contribution in [0.2, 0.25) is 0 Å². The third-order valence-electron chi connectivity index (χ3n) is 2.40. The molecule has 0 aliphatic heterocycles. The lowest BCUT2D eigenvalue weighted by Crippen LogP contribution is -2.30. The summed E-state index contributed by atoms with van der Waals surface area (Å²) in [7, 11) is 0.